The van der Waals surface area contributed by atoms with Crippen molar-refractivity contribution >= 4 is 17.4 Å². The van der Waals surface area contributed by atoms with Crippen LogP contribution in [0.15, 0.2) is 54.1 Å². The number of aliphatic hydroxyl groups is 1. The minimum absolute atomic E-state index is 0.0111. The molecule has 7 heteroatoms. The minimum atomic E-state index is -0.816. The number of Topliss-reactive ketones (excluding diaryl/α,β-unsaturated/α-hetero) is 1. The SMILES string of the molecule is COc1cc(C2C(=C(O)c3ccccc3)C(=O)C(=O)N2CC2CCCO2)ccc1O. The normalized spacial score (nSPS) is 23.2. The van der Waals surface area contributed by atoms with Gasteiger partial charge in [0, 0.05) is 18.7 Å². The smallest absolute Gasteiger partial charge is 0.295 e. The summed E-state index contributed by atoms with van der Waals surface area (Å²) in [6.07, 6.45) is 1.53. The molecule has 2 aliphatic heterocycles. The van der Waals surface area contributed by atoms with Crippen LogP contribution >= 0.6 is 0 Å². The molecule has 1 amide bonds. The number of ketones is 1. The molecule has 2 heterocycles. The van der Waals surface area contributed by atoms with Crippen LogP contribution < -0.4 is 4.74 Å². The predicted molar refractivity (Wildman–Crippen MR) is 109 cm³/mol. The van der Waals surface area contributed by atoms with Gasteiger partial charge in [-0.15, -0.1) is 0 Å². The molecule has 7 nitrogen and oxygen atoms in total. The fourth-order valence-corrected chi connectivity index (χ4v) is 4.04. The number of aromatic hydroxyl groups is 1. The van der Waals surface area contributed by atoms with Gasteiger partial charge in [-0.1, -0.05) is 36.4 Å². The van der Waals surface area contributed by atoms with Gasteiger partial charge in [0.05, 0.1) is 24.8 Å². The number of carbonyl (C=O) groups is 2. The van der Waals surface area contributed by atoms with E-state index in [4.69, 9.17) is 9.47 Å². The molecule has 2 aromatic carbocycles. The minimum Gasteiger partial charge on any atom is -0.507 e. The number of rotatable bonds is 5. The monoisotopic (exact) mass is 409 g/mol. The maximum Gasteiger partial charge on any atom is 0.295 e. The molecular weight excluding hydrogens is 386 g/mol. The molecule has 0 bridgehead atoms. The number of hydrogen-bond donors (Lipinski definition) is 2. The van der Waals surface area contributed by atoms with Crippen LogP contribution in [0.1, 0.15) is 30.0 Å². The van der Waals surface area contributed by atoms with E-state index in [2.05, 4.69) is 0 Å². The number of phenolic OH excluding ortho intramolecular Hbond substituents is 1. The van der Waals surface area contributed by atoms with Crippen molar-refractivity contribution in [2.75, 3.05) is 20.3 Å². The molecule has 156 valence electrons. The van der Waals surface area contributed by atoms with E-state index in [1.54, 1.807) is 42.5 Å². The Hall–Kier alpha value is -3.32. The van der Waals surface area contributed by atoms with Crippen molar-refractivity contribution in [2.45, 2.75) is 25.0 Å². The number of ether oxygens (including phenoxy) is 2. The topological polar surface area (TPSA) is 96.3 Å². The number of nitrogens with zero attached hydrogens (tertiary/aromatic N) is 1. The fraction of sp³-hybridized carbons (Fsp3) is 0.304. The Morgan fingerprint density at radius 2 is 1.97 bits per heavy atom. The van der Waals surface area contributed by atoms with E-state index in [1.807, 2.05) is 0 Å². The summed E-state index contributed by atoms with van der Waals surface area (Å²) in [5, 5.41) is 20.9. The second-order valence-corrected chi connectivity index (χ2v) is 7.38. The van der Waals surface area contributed by atoms with E-state index < -0.39 is 17.7 Å². The lowest BCUT2D eigenvalue weighted by molar-refractivity contribution is -0.140. The van der Waals surface area contributed by atoms with Gasteiger partial charge < -0.3 is 24.6 Å². The van der Waals surface area contributed by atoms with Crippen LogP contribution in [0.4, 0.5) is 0 Å². The number of benzene rings is 2. The molecule has 4 rings (SSSR count). The van der Waals surface area contributed by atoms with Crippen molar-refractivity contribution < 1.29 is 29.3 Å². The second kappa shape index (κ2) is 8.20. The van der Waals surface area contributed by atoms with Crippen LogP contribution in [-0.4, -0.2) is 53.2 Å². The number of amides is 1. The Labute approximate surface area is 174 Å². The molecule has 0 radical (unpaired) electrons. The molecule has 2 N–H and O–H groups in total. The molecule has 2 saturated heterocycles. The van der Waals surface area contributed by atoms with Crippen LogP contribution in [0.5, 0.6) is 11.5 Å². The maximum absolute atomic E-state index is 13.0. The summed E-state index contributed by atoms with van der Waals surface area (Å²) in [5.74, 6) is -1.50. The fourth-order valence-electron chi connectivity index (χ4n) is 4.04. The molecule has 2 unspecified atom stereocenters. The highest BCUT2D eigenvalue weighted by atomic mass is 16.5. The summed E-state index contributed by atoms with van der Waals surface area (Å²) >= 11 is 0. The van der Waals surface area contributed by atoms with Crippen LogP contribution in [0, 0.1) is 0 Å². The number of carbonyl (C=O) groups excluding carboxylic acids is 2. The lowest BCUT2D eigenvalue weighted by Crippen LogP contribution is -2.36. The van der Waals surface area contributed by atoms with E-state index >= 15 is 0 Å². The first-order valence-corrected chi connectivity index (χ1v) is 9.83. The largest absolute Gasteiger partial charge is 0.507 e. The van der Waals surface area contributed by atoms with E-state index in [0.29, 0.717) is 17.7 Å². The Bertz CT molecular complexity index is 994. The number of methoxy groups -OCH3 is 1. The quantitative estimate of drug-likeness (QED) is 0.448. The molecule has 30 heavy (non-hydrogen) atoms. The van der Waals surface area contributed by atoms with Crippen molar-refractivity contribution in [3.8, 4) is 11.5 Å². The van der Waals surface area contributed by atoms with E-state index in [0.717, 1.165) is 12.8 Å². The summed E-state index contributed by atoms with van der Waals surface area (Å²) in [5.41, 5.74) is 1.01. The average molecular weight is 409 g/mol. The zero-order valence-electron chi connectivity index (χ0n) is 16.6. The van der Waals surface area contributed by atoms with Crippen LogP contribution in [0.2, 0.25) is 0 Å². The van der Waals surface area contributed by atoms with E-state index in [9.17, 15) is 19.8 Å². The van der Waals surface area contributed by atoms with Gasteiger partial charge in [0.2, 0.25) is 0 Å². The van der Waals surface area contributed by atoms with Gasteiger partial charge in [0.25, 0.3) is 11.7 Å². The number of hydrogen-bond acceptors (Lipinski definition) is 6. The van der Waals surface area contributed by atoms with Gasteiger partial charge in [-0.25, -0.2) is 0 Å². The summed E-state index contributed by atoms with van der Waals surface area (Å²) in [6, 6.07) is 12.5. The number of aliphatic hydroxyl groups excluding tert-OH is 1. The Morgan fingerprint density at radius 1 is 1.20 bits per heavy atom. The maximum atomic E-state index is 13.0. The van der Waals surface area contributed by atoms with Crippen LogP contribution in [0.25, 0.3) is 5.76 Å². The van der Waals surface area contributed by atoms with Crippen molar-refractivity contribution in [3.63, 3.8) is 0 Å². The molecule has 0 saturated carbocycles. The van der Waals surface area contributed by atoms with E-state index in [1.165, 1.54) is 18.1 Å². The summed E-state index contributed by atoms with van der Waals surface area (Å²) < 4.78 is 10.9. The van der Waals surface area contributed by atoms with Crippen molar-refractivity contribution in [3.05, 3.63) is 65.2 Å². The number of likely N-dealkylation sites (tertiary alicyclic amines) is 1. The van der Waals surface area contributed by atoms with E-state index in [-0.39, 0.29) is 35.5 Å². The molecule has 0 spiro atoms. The summed E-state index contributed by atoms with van der Waals surface area (Å²) in [4.78, 5) is 27.4. The Balaban J connectivity index is 1.85. The highest BCUT2D eigenvalue weighted by Gasteiger charge is 2.47. The third-order valence-corrected chi connectivity index (χ3v) is 5.53. The standard InChI is InChI=1S/C23H23NO6/c1-29-18-12-15(9-10-17(18)25)20-19(21(26)14-6-3-2-4-7-14)22(27)23(28)24(20)13-16-8-5-11-30-16/h2-4,6-7,9-10,12,16,20,25-26H,5,8,11,13H2,1H3. The van der Waals surface area contributed by atoms with Gasteiger partial charge in [-0.2, -0.15) is 0 Å². The zero-order chi connectivity index (χ0) is 21.3. The molecule has 2 aliphatic rings. The third kappa shape index (κ3) is 3.52. The third-order valence-electron chi connectivity index (χ3n) is 5.53. The zero-order valence-corrected chi connectivity index (χ0v) is 16.6. The van der Waals surface area contributed by atoms with Gasteiger partial charge in [0.1, 0.15) is 5.76 Å². The van der Waals surface area contributed by atoms with Crippen LogP contribution in [-0.2, 0) is 14.3 Å². The molecule has 2 fully saturated rings. The lowest BCUT2D eigenvalue weighted by atomic mass is 9.95. The molecule has 2 aromatic rings. The lowest BCUT2D eigenvalue weighted by Gasteiger charge is -2.27. The van der Waals surface area contributed by atoms with Crippen molar-refractivity contribution in [1.29, 1.82) is 0 Å². The number of phenols is 1. The summed E-state index contributed by atoms with van der Waals surface area (Å²) in [6.45, 7) is 0.861. The van der Waals surface area contributed by atoms with Crippen molar-refractivity contribution in [1.82, 2.24) is 4.90 Å². The van der Waals surface area contributed by atoms with Gasteiger partial charge in [0.15, 0.2) is 11.5 Å². The first-order chi connectivity index (χ1) is 14.5. The molecule has 0 aromatic heterocycles. The molecule has 2 atom stereocenters. The van der Waals surface area contributed by atoms with Crippen LogP contribution in [0.3, 0.4) is 0 Å². The predicted octanol–water partition coefficient (Wildman–Crippen LogP) is 3.00. The van der Waals surface area contributed by atoms with Gasteiger partial charge in [-0.3, -0.25) is 9.59 Å². The summed E-state index contributed by atoms with van der Waals surface area (Å²) in [7, 11) is 1.42. The van der Waals surface area contributed by atoms with Crippen molar-refractivity contribution in [2.24, 2.45) is 0 Å². The highest BCUT2D eigenvalue weighted by molar-refractivity contribution is 6.46. The molecular formula is C23H23NO6. The molecule has 0 aliphatic carbocycles. The first-order valence-electron chi connectivity index (χ1n) is 9.83. The highest BCUT2D eigenvalue weighted by Crippen LogP contribution is 2.42. The van der Waals surface area contributed by atoms with Gasteiger partial charge in [-0.05, 0) is 30.5 Å². The second-order valence-electron chi connectivity index (χ2n) is 7.38. The Kier molecular flexibility index (Phi) is 5.46. The van der Waals surface area contributed by atoms with Gasteiger partial charge >= 0.3 is 0 Å². The Morgan fingerprint density at radius 3 is 2.63 bits per heavy atom. The first kappa shape index (κ1) is 20.0. The average Bonchev–Trinajstić information content (AvgIpc) is 3.37.